The fourth-order valence-corrected chi connectivity index (χ4v) is 2.05. The van der Waals surface area contributed by atoms with Gasteiger partial charge in [0.15, 0.2) is 0 Å². The van der Waals surface area contributed by atoms with Gasteiger partial charge < -0.3 is 4.74 Å². The molecule has 0 saturated carbocycles. The van der Waals surface area contributed by atoms with Crippen molar-refractivity contribution in [1.82, 2.24) is 0 Å². The van der Waals surface area contributed by atoms with Gasteiger partial charge >= 0.3 is 0 Å². The van der Waals surface area contributed by atoms with E-state index >= 15 is 0 Å². The number of hydrogen-bond donors (Lipinski definition) is 0. The molecule has 0 fully saturated rings. The van der Waals surface area contributed by atoms with Crippen LogP contribution in [0.3, 0.4) is 0 Å². The highest BCUT2D eigenvalue weighted by molar-refractivity contribution is 5.57. The van der Waals surface area contributed by atoms with Gasteiger partial charge in [-0.3, -0.25) is 10.1 Å². The van der Waals surface area contributed by atoms with Gasteiger partial charge in [-0.25, -0.2) is 0 Å². The highest BCUT2D eigenvalue weighted by Gasteiger charge is 2.07. The van der Waals surface area contributed by atoms with Crippen LogP contribution in [0.25, 0.3) is 6.08 Å². The van der Waals surface area contributed by atoms with Crippen LogP contribution < -0.4 is 4.74 Å². The minimum Gasteiger partial charge on any atom is -0.488 e. The lowest BCUT2D eigenvalue weighted by Gasteiger charge is -2.13. The van der Waals surface area contributed by atoms with Gasteiger partial charge in [-0.2, -0.15) is 0 Å². The molecule has 0 aromatic heterocycles. The average Bonchev–Trinajstić information content (AvgIpc) is 2.52. The molecule has 0 saturated heterocycles. The summed E-state index contributed by atoms with van der Waals surface area (Å²) >= 11 is 0. The summed E-state index contributed by atoms with van der Waals surface area (Å²) < 4.78 is 5.87. The predicted octanol–water partition coefficient (Wildman–Crippen LogP) is 4.64. The molecule has 0 aliphatic carbocycles. The van der Waals surface area contributed by atoms with Crippen molar-refractivity contribution in [3.63, 3.8) is 0 Å². The van der Waals surface area contributed by atoms with Crippen LogP contribution in [0.2, 0.25) is 0 Å². The van der Waals surface area contributed by atoms with Gasteiger partial charge in [0.05, 0.1) is 4.92 Å². The van der Waals surface area contributed by atoms with Crippen LogP contribution in [0.4, 0.5) is 0 Å². The highest BCUT2D eigenvalue weighted by atomic mass is 16.6. The summed E-state index contributed by atoms with van der Waals surface area (Å²) in [6.07, 6.45) is 2.39. The van der Waals surface area contributed by atoms with Crippen molar-refractivity contribution in [3.05, 3.63) is 81.5 Å². The molecular formula is C18H19NO3. The third-order valence-corrected chi connectivity index (χ3v) is 3.32. The zero-order valence-electron chi connectivity index (χ0n) is 12.7. The molecule has 0 amide bonds. The smallest absolute Gasteiger partial charge is 0.235 e. The molecule has 2 aromatic carbocycles. The first-order valence-corrected chi connectivity index (χ1v) is 7.18. The van der Waals surface area contributed by atoms with Gasteiger partial charge in [0.2, 0.25) is 6.20 Å². The topological polar surface area (TPSA) is 52.4 Å². The van der Waals surface area contributed by atoms with E-state index in [4.69, 9.17) is 4.74 Å². The molecular weight excluding hydrogens is 278 g/mol. The van der Waals surface area contributed by atoms with Crippen molar-refractivity contribution in [2.75, 3.05) is 0 Å². The van der Waals surface area contributed by atoms with E-state index in [1.54, 1.807) is 0 Å². The van der Waals surface area contributed by atoms with E-state index in [-0.39, 0.29) is 0 Å². The minimum atomic E-state index is -0.475. The Hall–Kier alpha value is -2.62. The van der Waals surface area contributed by atoms with Crippen LogP contribution in [-0.4, -0.2) is 4.92 Å². The Balaban J connectivity index is 2.24. The Bertz CT molecular complexity index is 663. The number of ether oxygens (including phenoxy) is 1. The van der Waals surface area contributed by atoms with E-state index < -0.39 is 4.92 Å². The molecule has 4 heteroatoms. The Kier molecular flexibility index (Phi) is 5.31. The zero-order chi connectivity index (χ0) is 15.9. The number of benzene rings is 2. The molecule has 0 spiro atoms. The van der Waals surface area contributed by atoms with Crippen LogP contribution in [-0.2, 0) is 6.61 Å². The van der Waals surface area contributed by atoms with Crippen molar-refractivity contribution in [2.45, 2.75) is 26.4 Å². The van der Waals surface area contributed by atoms with E-state index in [1.165, 1.54) is 6.08 Å². The van der Waals surface area contributed by atoms with Gasteiger partial charge in [0, 0.05) is 11.6 Å². The van der Waals surface area contributed by atoms with Gasteiger partial charge in [-0.1, -0.05) is 56.3 Å². The maximum absolute atomic E-state index is 10.5. The van der Waals surface area contributed by atoms with Gasteiger partial charge in [0.1, 0.15) is 12.4 Å². The molecule has 2 rings (SSSR count). The van der Waals surface area contributed by atoms with E-state index in [0.717, 1.165) is 17.3 Å². The highest BCUT2D eigenvalue weighted by Crippen LogP contribution is 2.26. The molecule has 114 valence electrons. The maximum atomic E-state index is 10.5. The Labute approximate surface area is 130 Å². The van der Waals surface area contributed by atoms with Crippen molar-refractivity contribution in [2.24, 2.45) is 0 Å². The number of nitrogens with zero attached hydrogens (tertiary/aromatic N) is 1. The van der Waals surface area contributed by atoms with E-state index in [2.05, 4.69) is 13.8 Å². The molecule has 4 nitrogen and oxygen atoms in total. The summed E-state index contributed by atoms with van der Waals surface area (Å²) in [7, 11) is 0. The molecule has 0 bridgehead atoms. The molecule has 0 radical (unpaired) electrons. The first kappa shape index (κ1) is 15.8. The summed E-state index contributed by atoms with van der Waals surface area (Å²) in [5.74, 6) is 1.03. The summed E-state index contributed by atoms with van der Waals surface area (Å²) in [4.78, 5) is 10.0. The standard InChI is InChI=1S/C18H19NO3/c1-14(2)17-9-8-16(10-11-19(20)21)18(12-17)22-13-15-6-4-3-5-7-15/h3-12,14H,13H2,1-2H3. The summed E-state index contributed by atoms with van der Waals surface area (Å²) in [5.41, 5.74) is 2.90. The Morgan fingerprint density at radius 1 is 1.18 bits per heavy atom. The van der Waals surface area contributed by atoms with E-state index in [9.17, 15) is 10.1 Å². The first-order valence-electron chi connectivity index (χ1n) is 7.18. The fourth-order valence-electron chi connectivity index (χ4n) is 2.05. The Morgan fingerprint density at radius 2 is 1.91 bits per heavy atom. The van der Waals surface area contributed by atoms with E-state index in [1.807, 2.05) is 48.5 Å². The number of nitro groups is 1. The van der Waals surface area contributed by atoms with Crippen LogP contribution in [0, 0.1) is 10.1 Å². The molecule has 0 unspecified atom stereocenters. The molecule has 2 aromatic rings. The number of hydrogen-bond acceptors (Lipinski definition) is 3. The van der Waals surface area contributed by atoms with Gasteiger partial charge in [0.25, 0.3) is 0 Å². The molecule has 0 aliphatic heterocycles. The molecule has 0 N–H and O–H groups in total. The number of rotatable bonds is 6. The second-order valence-electron chi connectivity index (χ2n) is 5.33. The average molecular weight is 297 g/mol. The molecule has 0 atom stereocenters. The minimum absolute atomic E-state index is 0.368. The van der Waals surface area contributed by atoms with Crippen molar-refractivity contribution >= 4 is 6.08 Å². The monoisotopic (exact) mass is 297 g/mol. The second-order valence-corrected chi connectivity index (χ2v) is 5.33. The van der Waals surface area contributed by atoms with E-state index in [0.29, 0.717) is 23.8 Å². The lowest BCUT2D eigenvalue weighted by atomic mass is 10.0. The second kappa shape index (κ2) is 7.41. The molecule has 0 heterocycles. The lowest BCUT2D eigenvalue weighted by Crippen LogP contribution is -1.99. The van der Waals surface area contributed by atoms with Crippen molar-refractivity contribution in [3.8, 4) is 5.75 Å². The van der Waals surface area contributed by atoms with Crippen molar-refractivity contribution < 1.29 is 9.66 Å². The van der Waals surface area contributed by atoms with Crippen LogP contribution >= 0.6 is 0 Å². The fraction of sp³-hybridized carbons (Fsp3) is 0.222. The van der Waals surface area contributed by atoms with Gasteiger partial charge in [-0.05, 0) is 23.1 Å². The quantitative estimate of drug-likeness (QED) is 0.576. The normalized spacial score (nSPS) is 11.0. The summed E-state index contributed by atoms with van der Waals surface area (Å²) in [5, 5.41) is 10.5. The maximum Gasteiger partial charge on any atom is 0.235 e. The van der Waals surface area contributed by atoms with Crippen LogP contribution in [0.1, 0.15) is 36.5 Å². The largest absolute Gasteiger partial charge is 0.488 e. The van der Waals surface area contributed by atoms with Gasteiger partial charge in [-0.15, -0.1) is 0 Å². The zero-order valence-corrected chi connectivity index (χ0v) is 12.7. The third kappa shape index (κ3) is 4.45. The third-order valence-electron chi connectivity index (χ3n) is 3.32. The SMILES string of the molecule is CC(C)c1ccc(C=C[N+](=O)[O-])c(OCc2ccccc2)c1. The van der Waals surface area contributed by atoms with Crippen LogP contribution in [0.15, 0.2) is 54.7 Å². The summed E-state index contributed by atoms with van der Waals surface area (Å²) in [6.45, 7) is 4.63. The summed E-state index contributed by atoms with van der Waals surface area (Å²) in [6, 6.07) is 15.6. The lowest BCUT2D eigenvalue weighted by molar-refractivity contribution is -0.400. The molecule has 22 heavy (non-hydrogen) atoms. The Morgan fingerprint density at radius 3 is 2.55 bits per heavy atom. The first-order chi connectivity index (χ1) is 10.6. The van der Waals surface area contributed by atoms with Crippen molar-refractivity contribution in [1.29, 1.82) is 0 Å². The molecule has 0 aliphatic rings. The van der Waals surface area contributed by atoms with Crippen LogP contribution in [0.5, 0.6) is 5.75 Å². The predicted molar refractivity (Wildman–Crippen MR) is 87.3 cm³/mol.